The van der Waals surface area contributed by atoms with Crippen LogP contribution in [0.1, 0.15) is 24.2 Å². The third kappa shape index (κ3) is 2.77. The topological polar surface area (TPSA) is 61.2 Å². The van der Waals surface area contributed by atoms with Crippen LogP contribution in [0.2, 0.25) is 0 Å². The van der Waals surface area contributed by atoms with E-state index < -0.39 is 5.97 Å². The third-order valence-electron chi connectivity index (χ3n) is 3.60. The minimum atomic E-state index is -0.578. The number of benzene rings is 1. The van der Waals surface area contributed by atoms with Crippen molar-refractivity contribution in [2.24, 2.45) is 0 Å². The molecule has 2 aromatic heterocycles. The number of pyridine rings is 1. The van der Waals surface area contributed by atoms with E-state index >= 15 is 0 Å². The van der Waals surface area contributed by atoms with E-state index in [1.54, 1.807) is 36.7 Å². The molecule has 0 aliphatic rings. The van der Waals surface area contributed by atoms with E-state index in [-0.39, 0.29) is 17.6 Å². The lowest BCUT2D eigenvalue weighted by atomic mass is 10.1. The molecule has 6 heteroatoms. The fraction of sp³-hybridized carbons (Fsp3) is 0.235. The second-order valence-electron chi connectivity index (χ2n) is 4.95. The molecule has 5 nitrogen and oxygen atoms in total. The minimum absolute atomic E-state index is 0.0724. The van der Waals surface area contributed by atoms with Crippen molar-refractivity contribution >= 4 is 28.2 Å². The van der Waals surface area contributed by atoms with Crippen LogP contribution < -0.4 is 5.43 Å². The van der Waals surface area contributed by atoms with Crippen molar-refractivity contribution in [3.05, 3.63) is 51.8 Å². The van der Waals surface area contributed by atoms with Gasteiger partial charge in [0.1, 0.15) is 10.6 Å². The molecular formula is C17H16N2O3S. The third-order valence-corrected chi connectivity index (χ3v) is 4.42. The molecule has 0 fully saturated rings. The van der Waals surface area contributed by atoms with Crippen LogP contribution in [-0.4, -0.2) is 22.1 Å². The molecule has 0 aliphatic heterocycles. The van der Waals surface area contributed by atoms with Crippen LogP contribution in [0.15, 0.2) is 40.8 Å². The Kier molecular flexibility index (Phi) is 4.25. The van der Waals surface area contributed by atoms with Gasteiger partial charge in [-0.15, -0.1) is 11.3 Å². The van der Waals surface area contributed by atoms with Crippen molar-refractivity contribution in [1.82, 2.24) is 9.55 Å². The van der Waals surface area contributed by atoms with Crippen molar-refractivity contribution < 1.29 is 9.53 Å². The van der Waals surface area contributed by atoms with Crippen LogP contribution >= 0.6 is 11.3 Å². The molecule has 1 aromatic carbocycles. The highest BCUT2D eigenvalue weighted by Crippen LogP contribution is 2.25. The first-order valence-corrected chi connectivity index (χ1v) is 8.27. The average Bonchev–Trinajstić information content (AvgIpc) is 3.09. The Hall–Kier alpha value is -2.47. The first kappa shape index (κ1) is 15.4. The lowest BCUT2D eigenvalue weighted by molar-refractivity contribution is 0.0524. The van der Waals surface area contributed by atoms with E-state index in [1.165, 1.54) is 0 Å². The predicted molar refractivity (Wildman–Crippen MR) is 90.9 cm³/mol. The number of hydrogen-bond donors (Lipinski definition) is 0. The molecule has 0 amide bonds. The summed E-state index contributed by atoms with van der Waals surface area (Å²) in [6.45, 7) is 4.57. The van der Waals surface area contributed by atoms with Gasteiger partial charge in [-0.25, -0.2) is 9.78 Å². The highest BCUT2D eigenvalue weighted by Gasteiger charge is 2.16. The Morgan fingerprint density at radius 3 is 2.83 bits per heavy atom. The van der Waals surface area contributed by atoms with E-state index in [9.17, 15) is 9.59 Å². The Morgan fingerprint density at radius 2 is 2.17 bits per heavy atom. The molecule has 0 unspecified atom stereocenters. The van der Waals surface area contributed by atoms with E-state index in [0.29, 0.717) is 11.9 Å². The number of ether oxygens (including phenoxy) is 1. The molecule has 0 N–H and O–H groups in total. The number of nitrogens with zero attached hydrogens (tertiary/aromatic N) is 2. The SMILES string of the molecule is CCOC(=O)c1cn(CC)c2cc(-c3nccs3)ccc2c1=O. The lowest BCUT2D eigenvalue weighted by Crippen LogP contribution is -2.20. The Labute approximate surface area is 137 Å². The van der Waals surface area contributed by atoms with Crippen molar-refractivity contribution in [3.8, 4) is 10.6 Å². The molecule has 3 rings (SSSR count). The summed E-state index contributed by atoms with van der Waals surface area (Å²) in [6, 6.07) is 5.55. The van der Waals surface area contributed by atoms with Crippen LogP contribution in [0.25, 0.3) is 21.5 Å². The number of carbonyl (C=O) groups excluding carboxylic acids is 1. The number of carbonyl (C=O) groups is 1. The fourth-order valence-corrected chi connectivity index (χ4v) is 3.14. The standard InChI is InChI=1S/C17H16N2O3S/c1-3-19-10-13(17(21)22-4-2)15(20)12-6-5-11(9-14(12)19)16-18-7-8-23-16/h5-10H,3-4H2,1-2H3. The fourth-order valence-electron chi connectivity index (χ4n) is 2.51. The highest BCUT2D eigenvalue weighted by atomic mass is 32.1. The zero-order chi connectivity index (χ0) is 16.4. The quantitative estimate of drug-likeness (QED) is 0.689. The van der Waals surface area contributed by atoms with Gasteiger partial charge in [-0.3, -0.25) is 4.79 Å². The molecule has 0 aliphatic carbocycles. The lowest BCUT2D eigenvalue weighted by Gasteiger charge is -2.12. The van der Waals surface area contributed by atoms with Gasteiger partial charge in [-0.1, -0.05) is 6.07 Å². The predicted octanol–water partition coefficient (Wildman–Crippen LogP) is 3.32. The number of hydrogen-bond acceptors (Lipinski definition) is 5. The molecule has 0 spiro atoms. The van der Waals surface area contributed by atoms with Crippen molar-refractivity contribution in [2.75, 3.05) is 6.61 Å². The molecular weight excluding hydrogens is 312 g/mol. The second-order valence-corrected chi connectivity index (χ2v) is 5.84. The first-order chi connectivity index (χ1) is 11.2. The van der Waals surface area contributed by atoms with E-state index in [1.807, 2.05) is 29.0 Å². The molecule has 0 bridgehead atoms. The maximum atomic E-state index is 12.6. The van der Waals surface area contributed by atoms with Gasteiger partial charge in [0, 0.05) is 35.3 Å². The molecule has 0 saturated heterocycles. The highest BCUT2D eigenvalue weighted by molar-refractivity contribution is 7.13. The van der Waals surface area contributed by atoms with E-state index in [0.717, 1.165) is 16.1 Å². The zero-order valence-electron chi connectivity index (χ0n) is 12.9. The number of aromatic nitrogens is 2. The van der Waals surface area contributed by atoms with E-state index in [4.69, 9.17) is 4.74 Å². The number of fused-ring (bicyclic) bond motifs is 1. The van der Waals surface area contributed by atoms with Crippen molar-refractivity contribution in [2.45, 2.75) is 20.4 Å². The van der Waals surface area contributed by atoms with Crippen LogP contribution in [0.4, 0.5) is 0 Å². The summed E-state index contributed by atoms with van der Waals surface area (Å²) in [7, 11) is 0. The Balaban J connectivity index is 2.23. The summed E-state index contributed by atoms with van der Waals surface area (Å²) in [5.41, 5.74) is 1.52. The Morgan fingerprint density at radius 1 is 1.35 bits per heavy atom. The van der Waals surface area contributed by atoms with Gasteiger partial charge in [-0.2, -0.15) is 0 Å². The molecule has 0 radical (unpaired) electrons. The van der Waals surface area contributed by atoms with Crippen LogP contribution in [-0.2, 0) is 11.3 Å². The van der Waals surface area contributed by atoms with Gasteiger partial charge in [0.2, 0.25) is 5.43 Å². The molecule has 2 heterocycles. The van der Waals surface area contributed by atoms with Crippen LogP contribution in [0.3, 0.4) is 0 Å². The van der Waals surface area contributed by atoms with Gasteiger partial charge in [0.05, 0.1) is 12.1 Å². The number of aryl methyl sites for hydroxylation is 1. The maximum Gasteiger partial charge on any atom is 0.343 e. The molecule has 0 saturated carbocycles. The van der Waals surface area contributed by atoms with Gasteiger partial charge >= 0.3 is 5.97 Å². The summed E-state index contributed by atoms with van der Waals surface area (Å²) >= 11 is 1.54. The maximum absolute atomic E-state index is 12.6. The molecule has 23 heavy (non-hydrogen) atoms. The summed E-state index contributed by atoms with van der Waals surface area (Å²) in [6.07, 6.45) is 3.33. The monoisotopic (exact) mass is 328 g/mol. The average molecular weight is 328 g/mol. The van der Waals surface area contributed by atoms with Gasteiger partial charge in [0.25, 0.3) is 0 Å². The Bertz CT molecular complexity index is 913. The number of rotatable bonds is 4. The molecule has 3 aromatic rings. The van der Waals surface area contributed by atoms with Gasteiger partial charge in [-0.05, 0) is 26.0 Å². The van der Waals surface area contributed by atoms with Crippen molar-refractivity contribution in [3.63, 3.8) is 0 Å². The molecule has 0 atom stereocenters. The summed E-state index contributed by atoms with van der Waals surface area (Å²) in [4.78, 5) is 28.9. The van der Waals surface area contributed by atoms with Gasteiger partial charge in [0.15, 0.2) is 0 Å². The van der Waals surface area contributed by atoms with Gasteiger partial charge < -0.3 is 9.30 Å². The van der Waals surface area contributed by atoms with Crippen LogP contribution in [0.5, 0.6) is 0 Å². The zero-order valence-corrected chi connectivity index (χ0v) is 13.7. The largest absolute Gasteiger partial charge is 0.462 e. The number of thiazole rings is 1. The summed E-state index contributed by atoms with van der Waals surface area (Å²) in [5.74, 6) is -0.578. The van der Waals surface area contributed by atoms with Crippen molar-refractivity contribution in [1.29, 1.82) is 0 Å². The normalized spacial score (nSPS) is 10.9. The molecule has 118 valence electrons. The minimum Gasteiger partial charge on any atom is -0.462 e. The van der Waals surface area contributed by atoms with E-state index in [2.05, 4.69) is 4.98 Å². The summed E-state index contributed by atoms with van der Waals surface area (Å²) in [5, 5.41) is 3.32. The first-order valence-electron chi connectivity index (χ1n) is 7.39. The second kappa shape index (κ2) is 6.34. The summed E-state index contributed by atoms with van der Waals surface area (Å²) < 4.78 is 6.87. The van der Waals surface area contributed by atoms with Crippen LogP contribution in [0, 0.1) is 0 Å². The smallest absolute Gasteiger partial charge is 0.343 e. The number of esters is 1.